The maximum absolute atomic E-state index is 11.8. The van der Waals surface area contributed by atoms with E-state index in [1.807, 2.05) is 30.3 Å². The number of hydrogen-bond acceptors (Lipinski definition) is 6. The number of esters is 1. The molecule has 1 saturated heterocycles. The van der Waals surface area contributed by atoms with Gasteiger partial charge in [0.2, 0.25) is 0 Å². The summed E-state index contributed by atoms with van der Waals surface area (Å²) < 4.78 is 10.9. The molecule has 1 aliphatic rings. The molecule has 21 heavy (non-hydrogen) atoms. The molecule has 0 bridgehead atoms. The van der Waals surface area contributed by atoms with Crippen molar-refractivity contribution in [2.75, 3.05) is 24.6 Å². The van der Waals surface area contributed by atoms with Crippen molar-refractivity contribution in [1.29, 1.82) is 0 Å². The number of carbonyl (C=O) groups is 1. The first-order valence-corrected chi connectivity index (χ1v) is 7.73. The molecule has 3 rings (SSSR count). The predicted molar refractivity (Wildman–Crippen MR) is 81.1 cm³/mol. The highest BCUT2D eigenvalue weighted by Gasteiger charge is 2.33. The zero-order valence-electron chi connectivity index (χ0n) is 11.7. The van der Waals surface area contributed by atoms with E-state index < -0.39 is 0 Å². The van der Waals surface area contributed by atoms with Gasteiger partial charge in [0.25, 0.3) is 0 Å². The van der Waals surface area contributed by atoms with Crippen molar-refractivity contribution in [1.82, 2.24) is 4.98 Å². The normalized spacial score (nSPS) is 14.6. The quantitative estimate of drug-likeness (QED) is 0.795. The average Bonchev–Trinajstić information content (AvgIpc) is 2.93. The third kappa shape index (κ3) is 3.00. The highest BCUT2D eigenvalue weighted by Crippen LogP contribution is 2.31. The third-order valence-corrected chi connectivity index (χ3v) is 4.08. The van der Waals surface area contributed by atoms with Crippen molar-refractivity contribution < 1.29 is 14.3 Å². The molecule has 0 spiro atoms. The number of aromatic nitrogens is 1. The van der Waals surface area contributed by atoms with Crippen LogP contribution in [0.1, 0.15) is 17.4 Å². The number of thiazole rings is 1. The van der Waals surface area contributed by atoms with Crippen LogP contribution in [0.25, 0.3) is 0 Å². The Morgan fingerprint density at radius 3 is 2.86 bits per heavy atom. The van der Waals surface area contributed by atoms with Crippen molar-refractivity contribution >= 4 is 22.3 Å². The summed E-state index contributed by atoms with van der Waals surface area (Å²) in [6.45, 7) is 3.65. The van der Waals surface area contributed by atoms with Gasteiger partial charge < -0.3 is 14.4 Å². The highest BCUT2D eigenvalue weighted by molar-refractivity contribution is 7.14. The lowest BCUT2D eigenvalue weighted by atomic mass is 10.1. The standard InChI is InChI=1S/C15H16N2O3S/c1-2-19-15(18)13-14(21-10-16-13)17-8-12(9-17)20-11-6-4-3-5-7-11/h3-7,10,12H,2,8-9H2,1H3. The van der Waals surface area contributed by atoms with Crippen LogP contribution in [-0.2, 0) is 4.74 Å². The monoisotopic (exact) mass is 304 g/mol. The molecule has 0 amide bonds. The Labute approximate surface area is 127 Å². The first-order chi connectivity index (χ1) is 10.3. The maximum atomic E-state index is 11.8. The van der Waals surface area contributed by atoms with E-state index in [1.54, 1.807) is 12.4 Å². The van der Waals surface area contributed by atoms with Crippen LogP contribution in [0, 0.1) is 0 Å². The lowest BCUT2D eigenvalue weighted by Crippen LogP contribution is -2.54. The first-order valence-electron chi connectivity index (χ1n) is 6.85. The molecule has 0 aliphatic carbocycles. The van der Waals surface area contributed by atoms with Gasteiger partial charge in [-0.1, -0.05) is 18.2 Å². The van der Waals surface area contributed by atoms with Crippen molar-refractivity contribution in [3.05, 3.63) is 41.5 Å². The average molecular weight is 304 g/mol. The van der Waals surface area contributed by atoms with Gasteiger partial charge >= 0.3 is 5.97 Å². The summed E-state index contributed by atoms with van der Waals surface area (Å²) in [6, 6.07) is 9.75. The molecule has 0 radical (unpaired) electrons. The molecule has 2 heterocycles. The van der Waals surface area contributed by atoms with Crippen molar-refractivity contribution in [3.63, 3.8) is 0 Å². The molecule has 110 valence electrons. The van der Waals surface area contributed by atoms with Gasteiger partial charge in [0.1, 0.15) is 16.9 Å². The van der Waals surface area contributed by atoms with Gasteiger partial charge in [-0.2, -0.15) is 0 Å². The molecule has 6 heteroatoms. The van der Waals surface area contributed by atoms with Crippen LogP contribution >= 0.6 is 11.3 Å². The van der Waals surface area contributed by atoms with Gasteiger partial charge in [-0.05, 0) is 19.1 Å². The van der Waals surface area contributed by atoms with Crippen LogP contribution in [0.2, 0.25) is 0 Å². The Kier molecular flexibility index (Phi) is 4.06. The number of rotatable bonds is 5. The Morgan fingerprint density at radius 2 is 2.14 bits per heavy atom. The second-order valence-corrected chi connectivity index (χ2v) is 5.52. The fraction of sp³-hybridized carbons (Fsp3) is 0.333. The summed E-state index contributed by atoms with van der Waals surface area (Å²) in [7, 11) is 0. The van der Waals surface area contributed by atoms with E-state index in [9.17, 15) is 4.79 Å². The number of para-hydroxylation sites is 1. The van der Waals surface area contributed by atoms with Crippen LogP contribution < -0.4 is 9.64 Å². The van der Waals surface area contributed by atoms with E-state index in [2.05, 4.69) is 9.88 Å². The van der Waals surface area contributed by atoms with E-state index in [1.165, 1.54) is 11.3 Å². The summed E-state index contributed by atoms with van der Waals surface area (Å²) in [4.78, 5) is 18.0. The summed E-state index contributed by atoms with van der Waals surface area (Å²) in [5, 5.41) is 0.862. The minimum atomic E-state index is -0.360. The van der Waals surface area contributed by atoms with Gasteiger partial charge in [0, 0.05) is 0 Å². The molecule has 5 nitrogen and oxygen atoms in total. The largest absolute Gasteiger partial charge is 0.487 e. The molecule has 1 aromatic heterocycles. The zero-order chi connectivity index (χ0) is 14.7. The Morgan fingerprint density at radius 1 is 1.38 bits per heavy atom. The molecular weight excluding hydrogens is 288 g/mol. The van der Waals surface area contributed by atoms with Crippen molar-refractivity contribution in [3.8, 4) is 5.75 Å². The van der Waals surface area contributed by atoms with Crippen molar-refractivity contribution in [2.24, 2.45) is 0 Å². The zero-order valence-corrected chi connectivity index (χ0v) is 12.5. The van der Waals surface area contributed by atoms with Crippen LogP contribution in [0.3, 0.4) is 0 Å². The van der Waals surface area contributed by atoms with Gasteiger partial charge in [-0.15, -0.1) is 11.3 Å². The number of ether oxygens (including phenoxy) is 2. The maximum Gasteiger partial charge on any atom is 0.360 e. The second-order valence-electron chi connectivity index (χ2n) is 4.68. The molecule has 0 unspecified atom stereocenters. The molecule has 0 atom stereocenters. The van der Waals surface area contributed by atoms with Crippen molar-refractivity contribution in [2.45, 2.75) is 13.0 Å². The number of benzene rings is 1. The number of hydrogen-bond donors (Lipinski definition) is 0. The summed E-state index contributed by atoms with van der Waals surface area (Å²) in [5.74, 6) is 0.512. The number of carbonyl (C=O) groups excluding carboxylic acids is 1. The summed E-state index contributed by atoms with van der Waals surface area (Å²) in [6.07, 6.45) is 0.143. The van der Waals surface area contributed by atoms with E-state index in [4.69, 9.17) is 9.47 Å². The lowest BCUT2D eigenvalue weighted by Gasteiger charge is -2.39. The fourth-order valence-corrected chi connectivity index (χ4v) is 2.98. The topological polar surface area (TPSA) is 51.7 Å². The number of nitrogens with zero attached hydrogens (tertiary/aromatic N) is 2. The molecular formula is C15H16N2O3S. The fourth-order valence-electron chi connectivity index (χ4n) is 2.17. The van der Waals surface area contributed by atoms with Gasteiger partial charge in [0.15, 0.2) is 5.69 Å². The van der Waals surface area contributed by atoms with E-state index >= 15 is 0 Å². The highest BCUT2D eigenvalue weighted by atomic mass is 32.1. The Bertz CT molecular complexity index is 608. The van der Waals surface area contributed by atoms with Gasteiger partial charge in [-0.3, -0.25) is 0 Å². The summed E-state index contributed by atoms with van der Waals surface area (Å²) in [5.41, 5.74) is 2.08. The smallest absolute Gasteiger partial charge is 0.360 e. The molecule has 1 aliphatic heterocycles. The van der Waals surface area contributed by atoms with Crippen LogP contribution in [0.4, 0.5) is 5.00 Å². The third-order valence-electron chi connectivity index (χ3n) is 3.20. The second kappa shape index (κ2) is 6.13. The Balaban J connectivity index is 1.59. The first kappa shape index (κ1) is 13.9. The van der Waals surface area contributed by atoms with Crippen LogP contribution in [0.5, 0.6) is 5.75 Å². The predicted octanol–water partition coefficient (Wildman–Crippen LogP) is 2.59. The molecule has 1 fully saturated rings. The van der Waals surface area contributed by atoms with E-state index in [-0.39, 0.29) is 12.1 Å². The van der Waals surface area contributed by atoms with Crippen LogP contribution in [-0.4, -0.2) is 36.8 Å². The lowest BCUT2D eigenvalue weighted by molar-refractivity contribution is 0.0520. The van der Waals surface area contributed by atoms with E-state index in [0.717, 1.165) is 23.8 Å². The number of anilines is 1. The minimum absolute atomic E-state index is 0.143. The molecule has 0 N–H and O–H groups in total. The molecule has 0 saturated carbocycles. The summed E-state index contributed by atoms with van der Waals surface area (Å²) >= 11 is 1.45. The van der Waals surface area contributed by atoms with Gasteiger partial charge in [0.05, 0.1) is 25.2 Å². The SMILES string of the molecule is CCOC(=O)c1ncsc1N1CC(Oc2ccccc2)C1. The van der Waals surface area contributed by atoms with E-state index in [0.29, 0.717) is 12.3 Å². The van der Waals surface area contributed by atoms with Crippen LogP contribution in [0.15, 0.2) is 35.8 Å². The minimum Gasteiger partial charge on any atom is -0.487 e. The molecule has 1 aromatic carbocycles. The Hall–Kier alpha value is -2.08. The van der Waals surface area contributed by atoms with Gasteiger partial charge in [-0.25, -0.2) is 9.78 Å². The molecule has 2 aromatic rings.